The highest BCUT2D eigenvalue weighted by Crippen LogP contribution is 2.31. The summed E-state index contributed by atoms with van der Waals surface area (Å²) >= 11 is 0. The van der Waals surface area contributed by atoms with Gasteiger partial charge in [0.1, 0.15) is 17.2 Å². The van der Waals surface area contributed by atoms with Crippen LogP contribution < -0.4 is 10.1 Å². The van der Waals surface area contributed by atoms with Gasteiger partial charge in [0.2, 0.25) is 0 Å². The summed E-state index contributed by atoms with van der Waals surface area (Å²) in [4.78, 5) is 42.8. The van der Waals surface area contributed by atoms with E-state index in [1.165, 1.54) is 0 Å². The van der Waals surface area contributed by atoms with Crippen LogP contribution in [0.1, 0.15) is 88.1 Å². The number of amides is 1. The number of aryl methyl sites for hydroxylation is 2. The first-order valence-corrected chi connectivity index (χ1v) is 15.4. The van der Waals surface area contributed by atoms with Gasteiger partial charge in [0.25, 0.3) is 5.91 Å². The Hall–Kier alpha value is -4.46. The minimum atomic E-state index is -0.748. The third kappa shape index (κ3) is 7.73. The van der Waals surface area contributed by atoms with E-state index in [9.17, 15) is 14.4 Å². The van der Waals surface area contributed by atoms with Gasteiger partial charge in [-0.3, -0.25) is 9.59 Å². The number of hydrogen-bond donors (Lipinski definition) is 1. The van der Waals surface area contributed by atoms with Gasteiger partial charge in [-0.15, -0.1) is 0 Å². The first-order chi connectivity index (χ1) is 20.9. The van der Waals surface area contributed by atoms with E-state index in [1.807, 2.05) is 75.4 Å². The Morgan fingerprint density at radius 1 is 0.977 bits per heavy atom. The van der Waals surface area contributed by atoms with Crippen molar-refractivity contribution in [1.29, 1.82) is 0 Å². The molecule has 1 aromatic heterocycles. The Labute approximate surface area is 259 Å². The average Bonchev–Trinajstić information content (AvgIpc) is 3.32. The van der Waals surface area contributed by atoms with E-state index < -0.39 is 17.8 Å². The van der Waals surface area contributed by atoms with Crippen molar-refractivity contribution in [3.63, 3.8) is 0 Å². The quantitative estimate of drug-likeness (QED) is 0.140. The molecule has 8 nitrogen and oxygen atoms in total. The number of benzene rings is 3. The van der Waals surface area contributed by atoms with E-state index in [0.717, 1.165) is 52.0 Å². The first-order valence-electron chi connectivity index (χ1n) is 15.4. The Morgan fingerprint density at radius 3 is 2.32 bits per heavy atom. The lowest BCUT2D eigenvalue weighted by Crippen LogP contribution is -2.40. The van der Waals surface area contributed by atoms with Gasteiger partial charge in [-0.1, -0.05) is 63.2 Å². The molecule has 0 bridgehead atoms. The molecule has 1 atom stereocenters. The van der Waals surface area contributed by atoms with E-state index in [4.69, 9.17) is 14.5 Å². The highest BCUT2D eigenvalue weighted by Gasteiger charge is 2.22. The molecule has 3 aromatic carbocycles. The van der Waals surface area contributed by atoms with Crippen molar-refractivity contribution >= 4 is 28.9 Å². The number of carbonyl (C=O) groups is 3. The first kappa shape index (κ1) is 32.5. The van der Waals surface area contributed by atoms with E-state index in [0.29, 0.717) is 30.7 Å². The zero-order chi connectivity index (χ0) is 32.0. The van der Waals surface area contributed by atoms with Crippen molar-refractivity contribution in [1.82, 2.24) is 14.9 Å². The molecule has 0 fully saturated rings. The summed E-state index contributed by atoms with van der Waals surface area (Å²) in [7, 11) is 0. The number of fused-ring (bicyclic) bond motifs is 1. The predicted molar refractivity (Wildman–Crippen MR) is 173 cm³/mol. The van der Waals surface area contributed by atoms with Gasteiger partial charge in [-0.2, -0.15) is 0 Å². The third-order valence-corrected chi connectivity index (χ3v) is 7.39. The van der Waals surface area contributed by atoms with Crippen LogP contribution in [0.15, 0.2) is 60.7 Å². The van der Waals surface area contributed by atoms with Crippen LogP contribution in [0.25, 0.3) is 22.2 Å². The summed E-state index contributed by atoms with van der Waals surface area (Å²) in [5.74, 6) is 1.14. The lowest BCUT2D eigenvalue weighted by Gasteiger charge is -2.19. The monoisotopic (exact) mass is 597 g/mol. The minimum absolute atomic E-state index is 0.0244. The van der Waals surface area contributed by atoms with Crippen molar-refractivity contribution in [2.24, 2.45) is 0 Å². The number of ketones is 1. The number of aromatic nitrogens is 2. The van der Waals surface area contributed by atoms with E-state index >= 15 is 0 Å². The molecule has 1 unspecified atom stereocenters. The highest BCUT2D eigenvalue weighted by atomic mass is 16.7. The lowest BCUT2D eigenvalue weighted by molar-refractivity contribution is -0.120. The van der Waals surface area contributed by atoms with Gasteiger partial charge in [0, 0.05) is 30.5 Å². The van der Waals surface area contributed by atoms with Crippen LogP contribution in [0.3, 0.4) is 0 Å². The smallest absolute Gasteiger partial charge is 0.428 e. The average molecular weight is 598 g/mol. The van der Waals surface area contributed by atoms with E-state index in [-0.39, 0.29) is 11.7 Å². The van der Waals surface area contributed by atoms with Gasteiger partial charge < -0.3 is 19.4 Å². The summed E-state index contributed by atoms with van der Waals surface area (Å²) < 4.78 is 13.1. The largest absolute Gasteiger partial charge is 0.514 e. The maximum atomic E-state index is 13.2. The molecule has 0 saturated heterocycles. The molecule has 0 radical (unpaired) electrons. The predicted octanol–water partition coefficient (Wildman–Crippen LogP) is 7.81. The molecule has 0 aliphatic heterocycles. The van der Waals surface area contributed by atoms with Crippen LogP contribution in [-0.4, -0.2) is 39.0 Å². The summed E-state index contributed by atoms with van der Waals surface area (Å²) in [6.07, 6.45) is 1.91. The Kier molecular flexibility index (Phi) is 10.2. The molecule has 0 spiro atoms. The topological polar surface area (TPSA) is 99.5 Å². The lowest BCUT2D eigenvalue weighted by atomic mass is 10.0. The molecule has 4 aromatic rings. The fraction of sp³-hybridized carbons (Fsp3) is 0.389. The molecule has 0 aliphatic rings. The van der Waals surface area contributed by atoms with Crippen molar-refractivity contribution in [3.8, 4) is 16.9 Å². The second-order valence-corrected chi connectivity index (χ2v) is 12.0. The van der Waals surface area contributed by atoms with Gasteiger partial charge in [-0.25, -0.2) is 9.78 Å². The van der Waals surface area contributed by atoms with Crippen molar-refractivity contribution in [3.05, 3.63) is 83.2 Å². The Morgan fingerprint density at radius 2 is 1.68 bits per heavy atom. The number of nitrogens with one attached hydrogen (secondary N) is 1. The summed E-state index contributed by atoms with van der Waals surface area (Å²) in [5, 5.41) is 2.92. The Bertz CT molecular complexity index is 1650. The van der Waals surface area contributed by atoms with Crippen LogP contribution in [0.5, 0.6) is 5.75 Å². The number of hydrogen-bond acceptors (Lipinski definition) is 6. The fourth-order valence-corrected chi connectivity index (χ4v) is 5.19. The van der Waals surface area contributed by atoms with Crippen molar-refractivity contribution < 1.29 is 23.9 Å². The normalized spacial score (nSPS) is 12.2. The maximum absolute atomic E-state index is 13.2. The molecular weight excluding hydrogens is 554 g/mol. The number of nitrogens with zero attached hydrogens (tertiary/aromatic N) is 2. The summed E-state index contributed by atoms with van der Waals surface area (Å²) in [6.45, 7) is 13.7. The maximum Gasteiger partial charge on any atom is 0.514 e. The fourth-order valence-electron chi connectivity index (χ4n) is 5.19. The number of rotatable bonds is 11. The highest BCUT2D eigenvalue weighted by molar-refractivity contribution is 6.00. The van der Waals surface area contributed by atoms with Gasteiger partial charge in [0.05, 0.1) is 17.1 Å². The molecule has 1 heterocycles. The minimum Gasteiger partial charge on any atom is -0.428 e. The van der Waals surface area contributed by atoms with Crippen molar-refractivity contribution in [2.45, 2.75) is 92.3 Å². The molecule has 0 aliphatic carbocycles. The summed E-state index contributed by atoms with van der Waals surface area (Å²) in [6, 6.07) is 18.7. The van der Waals surface area contributed by atoms with Gasteiger partial charge in [-0.05, 0) is 75.4 Å². The van der Waals surface area contributed by atoms with E-state index in [2.05, 4.69) is 16.8 Å². The standard InChI is InChI=1S/C36H43N3O5/c1-8-13-32-38-33-23(4)20-26(34(41)37-28(9-2)30(40)10-3)21-29(33)39(32)22-24-16-18-25(19-17-24)27-14-11-12-15-31(27)43-35(42)44-36(5,6)7/h11-12,14-21,28H,8-10,13,22H2,1-7H3,(H,37,41). The number of imidazole rings is 1. The number of para-hydroxylation sites is 1. The van der Waals surface area contributed by atoms with Gasteiger partial charge in [0.15, 0.2) is 5.78 Å². The van der Waals surface area contributed by atoms with Crippen LogP contribution in [0, 0.1) is 6.92 Å². The Balaban J connectivity index is 1.64. The molecular formula is C36H43N3O5. The number of Topliss-reactive ketones (excluding diaryl/α,β-unsaturated/α-hetero) is 1. The molecule has 232 valence electrons. The van der Waals surface area contributed by atoms with Crippen LogP contribution in [0.2, 0.25) is 0 Å². The van der Waals surface area contributed by atoms with Crippen LogP contribution in [-0.2, 0) is 22.5 Å². The molecule has 1 N–H and O–H groups in total. The molecule has 44 heavy (non-hydrogen) atoms. The third-order valence-electron chi connectivity index (χ3n) is 7.39. The van der Waals surface area contributed by atoms with Crippen molar-refractivity contribution in [2.75, 3.05) is 0 Å². The molecule has 8 heteroatoms. The van der Waals surface area contributed by atoms with E-state index in [1.54, 1.807) is 26.8 Å². The second-order valence-electron chi connectivity index (χ2n) is 12.0. The zero-order valence-corrected chi connectivity index (χ0v) is 26.8. The number of carbonyl (C=O) groups excluding carboxylic acids is 3. The number of ether oxygens (including phenoxy) is 2. The SMILES string of the molecule is CCCc1nc2c(C)cc(C(=O)NC(CC)C(=O)CC)cc2n1Cc1ccc(-c2ccccc2OC(=O)OC(C)(C)C)cc1. The zero-order valence-electron chi connectivity index (χ0n) is 26.8. The molecule has 4 rings (SSSR count). The summed E-state index contributed by atoms with van der Waals surface area (Å²) in [5.41, 5.74) is 5.26. The molecule has 1 amide bonds. The van der Waals surface area contributed by atoms with Crippen LogP contribution >= 0.6 is 0 Å². The van der Waals surface area contributed by atoms with Gasteiger partial charge >= 0.3 is 6.16 Å². The second kappa shape index (κ2) is 13.9. The molecule has 0 saturated carbocycles. The van der Waals surface area contributed by atoms with Crippen LogP contribution in [0.4, 0.5) is 4.79 Å².